The van der Waals surface area contributed by atoms with Gasteiger partial charge in [-0.25, -0.2) is 0 Å². The molecule has 112 valence electrons. The normalized spacial score (nSPS) is 19.0. The number of benzene rings is 1. The molecule has 0 amide bonds. The Morgan fingerprint density at radius 1 is 1.20 bits per heavy atom. The summed E-state index contributed by atoms with van der Waals surface area (Å²) in [4.78, 5) is 2.67. The molecular formula is C18H30N2. The van der Waals surface area contributed by atoms with Crippen LogP contribution < -0.4 is 5.32 Å². The van der Waals surface area contributed by atoms with E-state index in [1.54, 1.807) is 0 Å². The number of hydrogen-bond donors (Lipinski definition) is 1. The van der Waals surface area contributed by atoms with Gasteiger partial charge in [-0.3, -0.25) is 4.90 Å². The minimum Gasteiger partial charge on any atom is -0.309 e. The highest BCUT2D eigenvalue weighted by atomic mass is 15.2. The van der Waals surface area contributed by atoms with Crippen LogP contribution in [0.15, 0.2) is 24.3 Å². The molecule has 0 radical (unpaired) electrons. The van der Waals surface area contributed by atoms with E-state index in [2.05, 4.69) is 62.2 Å². The highest BCUT2D eigenvalue weighted by molar-refractivity contribution is 5.27. The number of nitrogens with one attached hydrogen (secondary N) is 1. The average molecular weight is 274 g/mol. The van der Waals surface area contributed by atoms with Crippen LogP contribution >= 0.6 is 0 Å². The Hall–Kier alpha value is -0.860. The number of nitrogens with zero attached hydrogens (tertiary/aromatic N) is 1. The van der Waals surface area contributed by atoms with E-state index >= 15 is 0 Å². The molecule has 2 heteroatoms. The molecular weight excluding hydrogens is 244 g/mol. The molecule has 1 aromatic carbocycles. The van der Waals surface area contributed by atoms with Gasteiger partial charge in [0.15, 0.2) is 0 Å². The van der Waals surface area contributed by atoms with Gasteiger partial charge in [0.25, 0.3) is 0 Å². The van der Waals surface area contributed by atoms with Crippen LogP contribution in [0.3, 0.4) is 0 Å². The SMILES string of the molecule is CCNC(c1cccc(C)c1)C(C)(C)N1CCCCC1. The fraction of sp³-hybridized carbons (Fsp3) is 0.667. The zero-order chi connectivity index (χ0) is 14.6. The second kappa shape index (κ2) is 6.73. The van der Waals surface area contributed by atoms with Crippen molar-refractivity contribution in [2.45, 2.75) is 58.5 Å². The quantitative estimate of drug-likeness (QED) is 0.875. The molecule has 0 aromatic heterocycles. The van der Waals surface area contributed by atoms with Gasteiger partial charge in [0, 0.05) is 5.54 Å². The Kier molecular flexibility index (Phi) is 5.22. The Morgan fingerprint density at radius 3 is 2.50 bits per heavy atom. The maximum Gasteiger partial charge on any atom is 0.0501 e. The Labute approximate surface area is 124 Å². The van der Waals surface area contributed by atoms with Crippen molar-refractivity contribution in [1.82, 2.24) is 10.2 Å². The summed E-state index contributed by atoms with van der Waals surface area (Å²) in [5, 5.41) is 3.72. The molecule has 1 heterocycles. The monoisotopic (exact) mass is 274 g/mol. The van der Waals surface area contributed by atoms with Gasteiger partial charge < -0.3 is 5.32 Å². The van der Waals surface area contributed by atoms with Crippen LogP contribution in [-0.2, 0) is 0 Å². The number of likely N-dealkylation sites (N-methyl/N-ethyl adjacent to an activating group) is 1. The van der Waals surface area contributed by atoms with Crippen molar-refractivity contribution >= 4 is 0 Å². The molecule has 1 aliphatic rings. The molecule has 1 aliphatic heterocycles. The third-order valence-corrected chi connectivity index (χ3v) is 4.66. The third-order valence-electron chi connectivity index (χ3n) is 4.66. The minimum atomic E-state index is 0.157. The van der Waals surface area contributed by atoms with Crippen LogP contribution in [0.25, 0.3) is 0 Å². The maximum absolute atomic E-state index is 3.72. The fourth-order valence-corrected chi connectivity index (χ4v) is 3.48. The molecule has 2 nitrogen and oxygen atoms in total. The number of rotatable bonds is 5. The van der Waals surface area contributed by atoms with Gasteiger partial charge in [-0.1, -0.05) is 43.2 Å². The van der Waals surface area contributed by atoms with Crippen molar-refractivity contribution in [1.29, 1.82) is 0 Å². The molecule has 0 spiro atoms. The summed E-state index contributed by atoms with van der Waals surface area (Å²) < 4.78 is 0. The van der Waals surface area contributed by atoms with Crippen LogP contribution in [0.2, 0.25) is 0 Å². The largest absolute Gasteiger partial charge is 0.309 e. The first-order valence-corrected chi connectivity index (χ1v) is 8.10. The summed E-state index contributed by atoms with van der Waals surface area (Å²) >= 11 is 0. The third kappa shape index (κ3) is 3.42. The van der Waals surface area contributed by atoms with E-state index in [0.29, 0.717) is 6.04 Å². The minimum absolute atomic E-state index is 0.157. The van der Waals surface area contributed by atoms with Gasteiger partial charge in [-0.2, -0.15) is 0 Å². The van der Waals surface area contributed by atoms with Gasteiger partial charge in [0.2, 0.25) is 0 Å². The van der Waals surface area contributed by atoms with Crippen LogP contribution in [0.1, 0.15) is 57.2 Å². The van der Waals surface area contributed by atoms with E-state index < -0.39 is 0 Å². The van der Waals surface area contributed by atoms with Crippen LogP contribution in [0, 0.1) is 6.92 Å². The number of likely N-dealkylation sites (tertiary alicyclic amines) is 1. The zero-order valence-electron chi connectivity index (χ0n) is 13.6. The van der Waals surface area contributed by atoms with Crippen molar-refractivity contribution in [3.63, 3.8) is 0 Å². The van der Waals surface area contributed by atoms with Crippen molar-refractivity contribution < 1.29 is 0 Å². The molecule has 1 atom stereocenters. The van der Waals surface area contributed by atoms with Crippen molar-refractivity contribution in [2.24, 2.45) is 0 Å². The summed E-state index contributed by atoms with van der Waals surface area (Å²) in [7, 11) is 0. The molecule has 1 saturated heterocycles. The highest BCUT2D eigenvalue weighted by Gasteiger charge is 2.36. The highest BCUT2D eigenvalue weighted by Crippen LogP contribution is 2.33. The Balaban J connectivity index is 2.26. The second-order valence-corrected chi connectivity index (χ2v) is 6.61. The molecule has 0 aliphatic carbocycles. The Bertz CT molecular complexity index is 419. The van der Waals surface area contributed by atoms with Crippen molar-refractivity contribution in [2.75, 3.05) is 19.6 Å². The molecule has 1 aromatic rings. The van der Waals surface area contributed by atoms with Gasteiger partial charge in [0.05, 0.1) is 6.04 Å². The lowest BCUT2D eigenvalue weighted by Crippen LogP contribution is -2.54. The first-order chi connectivity index (χ1) is 9.55. The number of piperidine rings is 1. The molecule has 1 unspecified atom stereocenters. The zero-order valence-corrected chi connectivity index (χ0v) is 13.6. The fourth-order valence-electron chi connectivity index (χ4n) is 3.48. The molecule has 1 fully saturated rings. The standard InChI is InChI=1S/C18H30N2/c1-5-19-17(16-11-9-10-15(2)14-16)18(3,4)20-12-7-6-8-13-20/h9-11,14,17,19H,5-8,12-13H2,1-4H3. The van der Waals surface area contributed by atoms with E-state index in [0.717, 1.165) is 6.54 Å². The van der Waals surface area contributed by atoms with E-state index in [1.165, 1.54) is 43.5 Å². The predicted octanol–water partition coefficient (Wildman–Crippen LogP) is 3.91. The van der Waals surface area contributed by atoms with E-state index in [-0.39, 0.29) is 5.54 Å². The molecule has 0 bridgehead atoms. The van der Waals surface area contributed by atoms with Crippen LogP contribution in [-0.4, -0.2) is 30.1 Å². The first kappa shape index (κ1) is 15.5. The predicted molar refractivity (Wildman–Crippen MR) is 87.1 cm³/mol. The first-order valence-electron chi connectivity index (χ1n) is 8.10. The topological polar surface area (TPSA) is 15.3 Å². The summed E-state index contributed by atoms with van der Waals surface area (Å²) in [6, 6.07) is 9.36. The summed E-state index contributed by atoms with van der Waals surface area (Å²) in [5.74, 6) is 0. The summed E-state index contributed by atoms with van der Waals surface area (Å²) in [6.07, 6.45) is 4.08. The van der Waals surface area contributed by atoms with E-state index in [4.69, 9.17) is 0 Å². The van der Waals surface area contributed by atoms with Crippen LogP contribution in [0.4, 0.5) is 0 Å². The van der Waals surface area contributed by atoms with Crippen LogP contribution in [0.5, 0.6) is 0 Å². The van der Waals surface area contributed by atoms with Gasteiger partial charge >= 0.3 is 0 Å². The number of aryl methyl sites for hydroxylation is 1. The second-order valence-electron chi connectivity index (χ2n) is 6.61. The summed E-state index contributed by atoms with van der Waals surface area (Å²) in [5.41, 5.74) is 2.92. The smallest absolute Gasteiger partial charge is 0.0501 e. The Morgan fingerprint density at radius 2 is 1.90 bits per heavy atom. The van der Waals surface area contributed by atoms with Crippen molar-refractivity contribution in [3.05, 3.63) is 35.4 Å². The van der Waals surface area contributed by atoms with Crippen molar-refractivity contribution in [3.8, 4) is 0 Å². The van der Waals surface area contributed by atoms with Gasteiger partial charge in [-0.05, 0) is 58.8 Å². The summed E-state index contributed by atoms with van der Waals surface area (Å²) in [6.45, 7) is 12.7. The van der Waals surface area contributed by atoms with Gasteiger partial charge in [-0.15, -0.1) is 0 Å². The lowest BCUT2D eigenvalue weighted by Gasteiger charge is -2.46. The lowest BCUT2D eigenvalue weighted by atomic mass is 9.85. The van der Waals surface area contributed by atoms with Gasteiger partial charge in [0.1, 0.15) is 0 Å². The maximum atomic E-state index is 3.72. The molecule has 1 N–H and O–H groups in total. The average Bonchev–Trinajstić information content (AvgIpc) is 2.45. The molecule has 2 rings (SSSR count). The van der Waals surface area contributed by atoms with E-state index in [9.17, 15) is 0 Å². The lowest BCUT2D eigenvalue weighted by molar-refractivity contribution is 0.0613. The number of hydrogen-bond acceptors (Lipinski definition) is 2. The molecule has 0 saturated carbocycles. The molecule has 20 heavy (non-hydrogen) atoms. The van der Waals surface area contributed by atoms with E-state index in [1.807, 2.05) is 0 Å².